The molecule has 9 heteroatoms. The Labute approximate surface area is 192 Å². The van der Waals surface area contributed by atoms with E-state index in [0.717, 1.165) is 13.1 Å². The maximum absolute atomic E-state index is 12.8. The van der Waals surface area contributed by atoms with E-state index in [4.69, 9.17) is 28.6 Å². The summed E-state index contributed by atoms with van der Waals surface area (Å²) in [7, 11) is 2.04. The van der Waals surface area contributed by atoms with Crippen LogP contribution in [0.25, 0.3) is 0 Å². The number of ether oxygens (including phenoxy) is 1. The van der Waals surface area contributed by atoms with Gasteiger partial charge >= 0.3 is 0 Å². The number of carbonyl (C=O) groups is 2. The number of carbonyl (C=O) groups excluding carboxylic acids is 2. The molecule has 1 heterocycles. The molecule has 7 nitrogen and oxygen atoms in total. The van der Waals surface area contributed by atoms with Crippen molar-refractivity contribution in [3.63, 3.8) is 0 Å². The maximum atomic E-state index is 12.8. The molecule has 1 aliphatic heterocycles. The van der Waals surface area contributed by atoms with E-state index in [0.29, 0.717) is 47.3 Å². The molecular weight excluding hydrogens is 436 g/mol. The summed E-state index contributed by atoms with van der Waals surface area (Å²) in [6.07, 6.45) is 0. The second kappa shape index (κ2) is 10.6. The van der Waals surface area contributed by atoms with Crippen LogP contribution >= 0.6 is 23.8 Å². The van der Waals surface area contributed by atoms with Gasteiger partial charge in [-0.3, -0.25) is 14.9 Å². The first-order chi connectivity index (χ1) is 14.9. The van der Waals surface area contributed by atoms with Crippen LogP contribution in [0.2, 0.25) is 5.02 Å². The standard InChI is InChI=1S/C22H25ClN4O3S/c1-3-30-17-7-4-15(5-8-17)20(28)25-22(31)24-19-14-16(6-9-18(19)23)21(29)27-12-10-26(2)11-13-27/h4-9,14H,3,10-13H2,1-2H3,(H2,24,25,28,31). The number of piperazine rings is 1. The molecular formula is C22H25ClN4O3S. The van der Waals surface area contributed by atoms with Gasteiger partial charge in [-0.25, -0.2) is 0 Å². The Morgan fingerprint density at radius 3 is 2.35 bits per heavy atom. The summed E-state index contributed by atoms with van der Waals surface area (Å²) in [6.45, 7) is 5.48. The molecule has 0 spiro atoms. The van der Waals surface area contributed by atoms with Gasteiger partial charge in [-0.05, 0) is 68.7 Å². The Hall–Kier alpha value is -2.68. The lowest BCUT2D eigenvalue weighted by Crippen LogP contribution is -2.47. The van der Waals surface area contributed by atoms with Gasteiger partial charge in [0, 0.05) is 37.3 Å². The molecule has 0 bridgehead atoms. The molecule has 0 saturated carbocycles. The predicted octanol–water partition coefficient (Wildman–Crippen LogP) is 3.25. The topological polar surface area (TPSA) is 73.9 Å². The molecule has 2 N–H and O–H groups in total. The lowest BCUT2D eigenvalue weighted by molar-refractivity contribution is 0.0664. The Morgan fingerprint density at radius 1 is 1.06 bits per heavy atom. The van der Waals surface area contributed by atoms with E-state index >= 15 is 0 Å². The highest BCUT2D eigenvalue weighted by molar-refractivity contribution is 7.80. The first kappa shape index (κ1) is 23.0. The fourth-order valence-electron chi connectivity index (χ4n) is 3.14. The summed E-state index contributed by atoms with van der Waals surface area (Å²) in [5.41, 5.74) is 1.41. The van der Waals surface area contributed by atoms with Crippen molar-refractivity contribution in [2.24, 2.45) is 0 Å². The van der Waals surface area contributed by atoms with Crippen LogP contribution in [0.1, 0.15) is 27.6 Å². The number of benzene rings is 2. The van der Waals surface area contributed by atoms with E-state index in [1.807, 2.05) is 18.9 Å². The van der Waals surface area contributed by atoms with Crippen molar-refractivity contribution >= 4 is 46.4 Å². The summed E-state index contributed by atoms with van der Waals surface area (Å²) in [6, 6.07) is 11.7. The third-order valence-corrected chi connectivity index (χ3v) is 5.44. The Bertz CT molecular complexity index is 960. The first-order valence-corrected chi connectivity index (χ1v) is 10.8. The highest BCUT2D eigenvalue weighted by atomic mass is 35.5. The van der Waals surface area contributed by atoms with Crippen molar-refractivity contribution in [3.05, 3.63) is 58.6 Å². The molecule has 1 saturated heterocycles. The van der Waals surface area contributed by atoms with Crippen molar-refractivity contribution in [3.8, 4) is 5.75 Å². The highest BCUT2D eigenvalue weighted by Gasteiger charge is 2.21. The number of halogens is 1. The van der Waals surface area contributed by atoms with E-state index in [1.54, 1.807) is 42.5 Å². The number of likely N-dealkylation sites (N-methyl/N-ethyl adjacent to an activating group) is 1. The highest BCUT2D eigenvalue weighted by Crippen LogP contribution is 2.24. The normalized spacial score (nSPS) is 14.1. The average Bonchev–Trinajstić information content (AvgIpc) is 2.76. The van der Waals surface area contributed by atoms with Crippen molar-refractivity contribution in [2.45, 2.75) is 6.92 Å². The van der Waals surface area contributed by atoms with Crippen molar-refractivity contribution in [1.82, 2.24) is 15.1 Å². The minimum absolute atomic E-state index is 0.0582. The molecule has 1 fully saturated rings. The number of rotatable bonds is 5. The van der Waals surface area contributed by atoms with Crippen LogP contribution in [0.3, 0.4) is 0 Å². The molecule has 0 atom stereocenters. The molecule has 0 radical (unpaired) electrons. The summed E-state index contributed by atoms with van der Waals surface area (Å²) < 4.78 is 5.38. The smallest absolute Gasteiger partial charge is 0.257 e. The zero-order valence-electron chi connectivity index (χ0n) is 17.5. The minimum atomic E-state index is -0.360. The Morgan fingerprint density at radius 2 is 1.71 bits per heavy atom. The Balaban J connectivity index is 1.63. The van der Waals surface area contributed by atoms with Gasteiger partial charge in [0.15, 0.2) is 5.11 Å². The SMILES string of the molecule is CCOc1ccc(C(=O)NC(=S)Nc2cc(C(=O)N3CCN(C)CC3)ccc2Cl)cc1. The summed E-state index contributed by atoms with van der Waals surface area (Å²) in [5, 5.41) is 6.02. The van der Waals surface area contributed by atoms with Gasteiger partial charge in [-0.2, -0.15) is 0 Å². The molecule has 31 heavy (non-hydrogen) atoms. The monoisotopic (exact) mass is 460 g/mol. The summed E-state index contributed by atoms with van der Waals surface area (Å²) >= 11 is 11.5. The van der Waals surface area contributed by atoms with Crippen LogP contribution in [0.5, 0.6) is 5.75 Å². The van der Waals surface area contributed by atoms with Crippen LogP contribution < -0.4 is 15.4 Å². The number of anilines is 1. The van der Waals surface area contributed by atoms with Gasteiger partial charge < -0.3 is 19.9 Å². The molecule has 2 amide bonds. The molecule has 0 aromatic heterocycles. The van der Waals surface area contributed by atoms with Crippen molar-refractivity contribution in [2.75, 3.05) is 45.2 Å². The van der Waals surface area contributed by atoms with E-state index in [-0.39, 0.29) is 16.9 Å². The molecule has 2 aromatic carbocycles. The van der Waals surface area contributed by atoms with Gasteiger partial charge in [0.1, 0.15) is 5.75 Å². The van der Waals surface area contributed by atoms with Gasteiger partial charge in [0.25, 0.3) is 11.8 Å². The minimum Gasteiger partial charge on any atom is -0.494 e. The second-order valence-electron chi connectivity index (χ2n) is 7.16. The fourth-order valence-corrected chi connectivity index (χ4v) is 3.51. The van der Waals surface area contributed by atoms with Crippen LogP contribution in [0.15, 0.2) is 42.5 Å². The third-order valence-electron chi connectivity index (χ3n) is 4.91. The molecule has 2 aromatic rings. The number of nitrogens with one attached hydrogen (secondary N) is 2. The lowest BCUT2D eigenvalue weighted by Gasteiger charge is -2.32. The molecule has 1 aliphatic rings. The van der Waals surface area contributed by atoms with Gasteiger partial charge in [0.05, 0.1) is 17.3 Å². The molecule has 3 rings (SSSR count). The quantitative estimate of drug-likeness (QED) is 0.667. The number of thiocarbonyl (C=S) groups is 1. The van der Waals surface area contributed by atoms with E-state index < -0.39 is 0 Å². The molecule has 0 unspecified atom stereocenters. The molecule has 0 aliphatic carbocycles. The van der Waals surface area contributed by atoms with E-state index in [2.05, 4.69) is 15.5 Å². The average molecular weight is 461 g/mol. The van der Waals surface area contributed by atoms with Crippen molar-refractivity contribution in [1.29, 1.82) is 0 Å². The number of nitrogens with zero attached hydrogens (tertiary/aromatic N) is 2. The van der Waals surface area contributed by atoms with Gasteiger partial charge in [0.2, 0.25) is 0 Å². The largest absolute Gasteiger partial charge is 0.494 e. The van der Waals surface area contributed by atoms with Crippen LogP contribution in [-0.2, 0) is 0 Å². The summed E-state index contributed by atoms with van der Waals surface area (Å²) in [4.78, 5) is 29.2. The molecule has 164 valence electrons. The third kappa shape index (κ3) is 6.16. The fraction of sp³-hybridized carbons (Fsp3) is 0.318. The van der Waals surface area contributed by atoms with Crippen LogP contribution in [-0.4, -0.2) is 66.6 Å². The van der Waals surface area contributed by atoms with Crippen molar-refractivity contribution < 1.29 is 14.3 Å². The van der Waals surface area contributed by atoms with Crippen LogP contribution in [0.4, 0.5) is 5.69 Å². The number of amides is 2. The second-order valence-corrected chi connectivity index (χ2v) is 7.97. The van der Waals surface area contributed by atoms with E-state index in [9.17, 15) is 9.59 Å². The number of hydrogen-bond donors (Lipinski definition) is 2. The van der Waals surface area contributed by atoms with E-state index in [1.165, 1.54) is 0 Å². The Kier molecular flexibility index (Phi) is 7.84. The maximum Gasteiger partial charge on any atom is 0.257 e. The number of hydrogen-bond acceptors (Lipinski definition) is 5. The van der Waals surface area contributed by atoms with Crippen LogP contribution in [0, 0.1) is 0 Å². The van der Waals surface area contributed by atoms with Gasteiger partial charge in [-0.15, -0.1) is 0 Å². The lowest BCUT2D eigenvalue weighted by atomic mass is 10.1. The van der Waals surface area contributed by atoms with Gasteiger partial charge in [-0.1, -0.05) is 11.6 Å². The predicted molar refractivity (Wildman–Crippen MR) is 126 cm³/mol. The first-order valence-electron chi connectivity index (χ1n) is 10.00. The zero-order valence-corrected chi connectivity index (χ0v) is 19.1. The summed E-state index contributed by atoms with van der Waals surface area (Å²) in [5.74, 6) is 0.270. The zero-order chi connectivity index (χ0) is 22.4.